The second-order valence-corrected chi connectivity index (χ2v) is 12.9. The van der Waals surface area contributed by atoms with Crippen LogP contribution in [-0.2, 0) is 11.5 Å². The molecule has 0 aliphatic heterocycles. The van der Waals surface area contributed by atoms with E-state index in [1.165, 1.54) is 6.04 Å². The molecule has 0 aliphatic rings. The minimum absolute atomic E-state index is 0.552. The van der Waals surface area contributed by atoms with Crippen molar-refractivity contribution in [2.24, 2.45) is 0 Å². The largest absolute Gasteiger partial charge is 0.361 e. The smallest absolute Gasteiger partial charge is 0.138 e. The van der Waals surface area contributed by atoms with Crippen molar-refractivity contribution in [3.8, 4) is 0 Å². The van der Waals surface area contributed by atoms with E-state index in [2.05, 4.69) is 51.8 Å². The highest BCUT2D eigenvalue weighted by atomic mass is 127. The number of halogens is 2. The molecule has 2 rings (SSSR count). The van der Waals surface area contributed by atoms with E-state index in [0.29, 0.717) is 11.9 Å². The number of hydrogen-bond donors (Lipinski definition) is 0. The van der Waals surface area contributed by atoms with Crippen molar-refractivity contribution in [3.63, 3.8) is 0 Å². The third kappa shape index (κ3) is 3.93. The molecule has 0 spiro atoms. The van der Waals surface area contributed by atoms with E-state index in [1.807, 2.05) is 12.1 Å². The molecule has 0 fully saturated rings. The van der Waals surface area contributed by atoms with Crippen molar-refractivity contribution in [1.29, 1.82) is 0 Å². The summed E-state index contributed by atoms with van der Waals surface area (Å²) < 4.78 is 9.07. The molecule has 2 heterocycles. The Hall–Kier alpha value is -0.113. The summed E-state index contributed by atoms with van der Waals surface area (Å²) in [5.41, 5.74) is 1.08. The average molecular weight is 409 g/mol. The second kappa shape index (κ2) is 6.11. The Kier molecular flexibility index (Phi) is 4.92. The van der Waals surface area contributed by atoms with E-state index in [9.17, 15) is 0 Å². The summed E-state index contributed by atoms with van der Waals surface area (Å²) in [6, 6.07) is 5.21. The van der Waals surface area contributed by atoms with Crippen molar-refractivity contribution in [3.05, 3.63) is 27.2 Å². The molecule has 0 amide bonds. The van der Waals surface area contributed by atoms with Crippen LogP contribution in [0.1, 0.15) is 0 Å². The van der Waals surface area contributed by atoms with Crippen LogP contribution in [0.25, 0.3) is 10.9 Å². The molecule has 0 saturated heterocycles. The van der Waals surface area contributed by atoms with Gasteiger partial charge in [-0.15, -0.1) is 0 Å². The lowest BCUT2D eigenvalue weighted by Crippen LogP contribution is -2.22. The van der Waals surface area contributed by atoms with Crippen molar-refractivity contribution >= 4 is 53.2 Å². The minimum atomic E-state index is -1.02. The zero-order chi connectivity index (χ0) is 14.0. The van der Waals surface area contributed by atoms with Crippen LogP contribution in [-0.4, -0.2) is 24.2 Å². The monoisotopic (exact) mass is 408 g/mol. The third-order valence-electron chi connectivity index (χ3n) is 2.95. The first-order chi connectivity index (χ1) is 8.88. The molecule has 19 heavy (non-hydrogen) atoms. The van der Waals surface area contributed by atoms with E-state index in [1.54, 1.807) is 6.20 Å². The molecule has 104 valence electrons. The number of rotatable bonds is 5. The lowest BCUT2D eigenvalue weighted by atomic mass is 10.3. The van der Waals surface area contributed by atoms with Crippen LogP contribution in [0, 0.1) is 3.70 Å². The van der Waals surface area contributed by atoms with Crippen molar-refractivity contribution in [2.75, 3.05) is 6.61 Å². The minimum Gasteiger partial charge on any atom is -0.361 e. The summed E-state index contributed by atoms with van der Waals surface area (Å²) in [5, 5.41) is 1.54. The van der Waals surface area contributed by atoms with Crippen LogP contribution in [0.4, 0.5) is 0 Å². The highest BCUT2D eigenvalue weighted by Crippen LogP contribution is 2.26. The van der Waals surface area contributed by atoms with Gasteiger partial charge in [-0.1, -0.05) is 31.2 Å². The Bertz CT molecular complexity index is 580. The summed E-state index contributed by atoms with van der Waals surface area (Å²) >= 11 is 8.40. The SMILES string of the molecule is C[Si](C)(C)CCOCn1c(I)cc2c(Cl)nccc21. The normalized spacial score (nSPS) is 12.3. The number of hydrogen-bond acceptors (Lipinski definition) is 2. The zero-order valence-corrected chi connectivity index (χ0v) is 15.3. The molecule has 0 bridgehead atoms. The number of nitrogens with zero attached hydrogens (tertiary/aromatic N) is 2. The molecule has 2 aromatic rings. The Morgan fingerprint density at radius 2 is 2.16 bits per heavy atom. The van der Waals surface area contributed by atoms with Gasteiger partial charge in [-0.2, -0.15) is 0 Å². The second-order valence-electron chi connectivity index (χ2n) is 5.78. The summed E-state index contributed by atoms with van der Waals surface area (Å²) in [7, 11) is -1.02. The molecule has 0 N–H and O–H groups in total. The van der Waals surface area contributed by atoms with Crippen molar-refractivity contribution < 1.29 is 4.74 Å². The van der Waals surface area contributed by atoms with Crippen LogP contribution < -0.4 is 0 Å². The van der Waals surface area contributed by atoms with Gasteiger partial charge >= 0.3 is 0 Å². The van der Waals surface area contributed by atoms with Gasteiger partial charge in [0, 0.05) is 26.3 Å². The molecule has 0 atom stereocenters. The number of pyridine rings is 1. The van der Waals surface area contributed by atoms with Crippen LogP contribution in [0.2, 0.25) is 30.8 Å². The Labute approximate surface area is 133 Å². The molecule has 0 aliphatic carbocycles. The van der Waals surface area contributed by atoms with Gasteiger partial charge in [-0.05, 0) is 40.8 Å². The fourth-order valence-corrected chi connectivity index (χ4v) is 3.46. The number of ether oxygens (including phenoxy) is 1. The number of aromatic nitrogens is 2. The van der Waals surface area contributed by atoms with Gasteiger partial charge in [-0.25, -0.2) is 4.98 Å². The Morgan fingerprint density at radius 1 is 1.42 bits per heavy atom. The molecule has 3 nitrogen and oxygen atoms in total. The van der Waals surface area contributed by atoms with Gasteiger partial charge in [0.1, 0.15) is 11.9 Å². The van der Waals surface area contributed by atoms with E-state index >= 15 is 0 Å². The molecular weight excluding hydrogens is 391 g/mol. The number of fused-ring (bicyclic) bond motifs is 1. The first-order valence-corrected chi connectivity index (χ1v) is 11.4. The lowest BCUT2D eigenvalue weighted by molar-refractivity contribution is 0.0887. The van der Waals surface area contributed by atoms with Gasteiger partial charge < -0.3 is 9.30 Å². The fraction of sp³-hybridized carbons (Fsp3) is 0.462. The van der Waals surface area contributed by atoms with Gasteiger partial charge in [0.05, 0.1) is 9.22 Å². The molecular formula is C13H18ClIN2OSi. The maximum atomic E-state index is 6.10. The van der Waals surface area contributed by atoms with Crippen molar-refractivity contribution in [1.82, 2.24) is 9.55 Å². The highest BCUT2D eigenvalue weighted by Gasteiger charge is 2.13. The molecule has 0 radical (unpaired) electrons. The molecule has 0 aromatic carbocycles. The maximum absolute atomic E-state index is 6.10. The van der Waals surface area contributed by atoms with E-state index < -0.39 is 8.07 Å². The lowest BCUT2D eigenvalue weighted by Gasteiger charge is -2.16. The van der Waals surface area contributed by atoms with Crippen LogP contribution >= 0.6 is 34.2 Å². The standard InChI is InChI=1S/C13H18ClIN2OSi/c1-19(2,3)7-6-18-9-17-11-4-5-16-13(14)10(11)8-12(17)15/h4-5,8H,6-7,9H2,1-3H3. The summed E-state index contributed by atoms with van der Waals surface area (Å²) in [4.78, 5) is 4.10. The highest BCUT2D eigenvalue weighted by molar-refractivity contribution is 14.1. The summed E-state index contributed by atoms with van der Waals surface area (Å²) in [6.45, 7) is 8.47. The molecule has 2 aromatic heterocycles. The van der Waals surface area contributed by atoms with Gasteiger partial charge in [0.2, 0.25) is 0 Å². The summed E-state index contributed by atoms with van der Waals surface area (Å²) in [6.07, 6.45) is 1.74. The Balaban J connectivity index is 2.09. The predicted octanol–water partition coefficient (Wildman–Crippen LogP) is 4.61. The first kappa shape index (κ1) is 15.3. The van der Waals surface area contributed by atoms with Crippen LogP contribution in [0.15, 0.2) is 18.3 Å². The maximum Gasteiger partial charge on any atom is 0.138 e. The van der Waals surface area contributed by atoms with Crippen molar-refractivity contribution in [2.45, 2.75) is 32.4 Å². The fourth-order valence-electron chi connectivity index (χ4n) is 1.78. The molecule has 0 unspecified atom stereocenters. The molecule has 0 saturated carbocycles. The van der Waals surface area contributed by atoms with Gasteiger partial charge in [0.15, 0.2) is 0 Å². The van der Waals surface area contributed by atoms with Gasteiger partial charge in [-0.3, -0.25) is 0 Å². The third-order valence-corrected chi connectivity index (χ3v) is 5.85. The molecule has 6 heteroatoms. The summed E-state index contributed by atoms with van der Waals surface area (Å²) in [5.74, 6) is 0. The van der Waals surface area contributed by atoms with Crippen LogP contribution in [0.5, 0.6) is 0 Å². The topological polar surface area (TPSA) is 27.1 Å². The van der Waals surface area contributed by atoms with Crippen LogP contribution in [0.3, 0.4) is 0 Å². The quantitative estimate of drug-likeness (QED) is 0.313. The average Bonchev–Trinajstić information content (AvgIpc) is 2.62. The first-order valence-electron chi connectivity index (χ1n) is 6.25. The van der Waals surface area contributed by atoms with Gasteiger partial charge in [0.25, 0.3) is 0 Å². The van der Waals surface area contributed by atoms with E-state index in [-0.39, 0.29) is 0 Å². The van der Waals surface area contributed by atoms with E-state index in [0.717, 1.165) is 21.2 Å². The van der Waals surface area contributed by atoms with E-state index in [4.69, 9.17) is 16.3 Å². The predicted molar refractivity (Wildman–Crippen MR) is 91.6 cm³/mol. The Morgan fingerprint density at radius 3 is 2.84 bits per heavy atom. The zero-order valence-electron chi connectivity index (χ0n) is 11.4.